The van der Waals surface area contributed by atoms with Crippen molar-refractivity contribution in [1.82, 2.24) is 0 Å². The standard InChI is InChI=1S/C65H106O35/c1-25-36(70)40(74)44(78)53(91-25)93-47-31(22-68)96-62(85,52(83)45(47)79)90-24-32-39(73)43(77)51(82)65(88,97-32)100-55(84)61-17-15-56(2,3)19-27(61)26-9-10-34-58(6)13-12-35(57(4,5)33(58)11-14-60(34,8)59(26,7)16-18-61)92-54-48(99-64(87)50(81)42(76)38(72)30(21-67)95-64)46(28(69)23-89-54)98-63(86)49(80)41(75)37(71)29(20-66)94-63/h9,25,27-54,66-83,85-88H,10-24H2,1-8H3. The molecule has 576 valence electrons. The van der Waals surface area contributed by atoms with Gasteiger partial charge in [0.2, 0.25) is 0 Å². The second-order valence-corrected chi connectivity index (χ2v) is 32.2. The third kappa shape index (κ3) is 12.9. The van der Waals surface area contributed by atoms with E-state index in [1.807, 2.05) is 13.8 Å². The minimum atomic E-state index is -3.40. The summed E-state index contributed by atoms with van der Waals surface area (Å²) in [7, 11) is 0. The second-order valence-electron chi connectivity index (χ2n) is 32.2. The lowest BCUT2D eigenvalue weighted by Crippen LogP contribution is -2.72. The number of carbonyl (C=O) groups is 1. The van der Waals surface area contributed by atoms with Crippen LogP contribution in [0.15, 0.2) is 11.6 Å². The number of carbonyl (C=O) groups excluding carboxylic acids is 1. The number of hydrogen-bond acceptors (Lipinski definition) is 35. The monoisotopic (exact) mass is 1450 g/mol. The number of esters is 1. The molecule has 37 atom stereocenters. The number of allylic oxidation sites excluding steroid dienone is 2. The van der Waals surface area contributed by atoms with Crippen molar-refractivity contribution in [3.05, 3.63) is 11.6 Å². The summed E-state index contributed by atoms with van der Waals surface area (Å²) in [6.07, 6.45) is -43.9. The minimum Gasteiger partial charge on any atom is -0.405 e. The largest absolute Gasteiger partial charge is 0.405 e. The van der Waals surface area contributed by atoms with Gasteiger partial charge in [-0.05, 0) is 116 Å². The van der Waals surface area contributed by atoms with Crippen LogP contribution in [0.1, 0.15) is 120 Å². The van der Waals surface area contributed by atoms with Gasteiger partial charge in [-0.15, -0.1) is 0 Å². The van der Waals surface area contributed by atoms with E-state index in [4.69, 9.17) is 56.8 Å². The van der Waals surface area contributed by atoms with E-state index in [9.17, 15) is 112 Å². The van der Waals surface area contributed by atoms with Crippen molar-refractivity contribution in [2.45, 2.75) is 303 Å². The molecule has 0 aromatic rings. The van der Waals surface area contributed by atoms with Crippen LogP contribution in [-0.4, -0.2) is 334 Å². The molecule has 22 N–H and O–H groups in total. The first-order valence-corrected chi connectivity index (χ1v) is 34.6. The van der Waals surface area contributed by atoms with Crippen molar-refractivity contribution in [2.75, 3.05) is 33.0 Å². The van der Waals surface area contributed by atoms with Gasteiger partial charge in [-0.1, -0.05) is 60.1 Å². The van der Waals surface area contributed by atoms with Crippen molar-refractivity contribution >= 4 is 5.97 Å². The maximum atomic E-state index is 15.4. The van der Waals surface area contributed by atoms with Crippen LogP contribution in [-0.2, 0) is 61.6 Å². The van der Waals surface area contributed by atoms with Crippen LogP contribution in [0.3, 0.4) is 0 Å². The first kappa shape index (κ1) is 78.9. The highest BCUT2D eigenvalue weighted by atomic mass is 16.9. The van der Waals surface area contributed by atoms with Crippen molar-refractivity contribution in [2.24, 2.45) is 50.2 Å². The summed E-state index contributed by atoms with van der Waals surface area (Å²) < 4.78 is 69.2. The molecule has 10 fully saturated rings. The molecule has 11 aliphatic rings. The first-order valence-electron chi connectivity index (χ1n) is 34.6. The maximum Gasteiger partial charge on any atom is 0.357 e. The van der Waals surface area contributed by atoms with Crippen LogP contribution < -0.4 is 0 Å². The second kappa shape index (κ2) is 27.8. The van der Waals surface area contributed by atoms with Crippen molar-refractivity contribution in [3.8, 4) is 0 Å². The third-order valence-electron chi connectivity index (χ3n) is 25.6. The Morgan fingerprint density at radius 1 is 0.520 bits per heavy atom. The highest BCUT2D eigenvalue weighted by Gasteiger charge is 2.72. The van der Waals surface area contributed by atoms with E-state index in [0.717, 1.165) is 5.57 Å². The van der Waals surface area contributed by atoms with Crippen molar-refractivity contribution in [3.63, 3.8) is 0 Å². The average Bonchev–Trinajstić information content (AvgIpc) is 0.674. The van der Waals surface area contributed by atoms with Gasteiger partial charge in [0.25, 0.3) is 0 Å². The number of aliphatic hydroxyl groups is 22. The lowest BCUT2D eigenvalue weighted by atomic mass is 9.33. The van der Waals surface area contributed by atoms with E-state index in [-0.39, 0.29) is 30.1 Å². The van der Waals surface area contributed by atoms with Gasteiger partial charge < -0.3 is 169 Å². The normalized spacial score (nSPS) is 55.5. The Balaban J connectivity index is 0.815. The molecule has 0 radical (unpaired) electrons. The topological polar surface area (TPSA) is 573 Å². The molecule has 35 nitrogen and oxygen atoms in total. The van der Waals surface area contributed by atoms with Crippen LogP contribution >= 0.6 is 0 Å². The zero-order valence-electron chi connectivity index (χ0n) is 57.1. The Labute approximate surface area is 575 Å². The summed E-state index contributed by atoms with van der Waals surface area (Å²) in [5, 5.41) is 242. The molecule has 4 saturated carbocycles. The first-order chi connectivity index (χ1) is 46.4. The fourth-order valence-corrected chi connectivity index (χ4v) is 19.3. The molecular formula is C65H106O35. The molecule has 11 rings (SSSR count). The van der Waals surface area contributed by atoms with Gasteiger partial charge in [-0.2, -0.15) is 0 Å². The molecule has 35 heteroatoms. The SMILES string of the molecule is CC1OC(OC2C(CO)OC(O)(OCC3OC(O)(OC(=O)C45CCC(C)(C)CC4C4=CCC6C7(C)CCC(OC8OCC(O)C(OC9(O)OC(CO)C(O)C(O)C9O)C8OC8(O)OC(CO)C(O)C(O)C8O)C(C)(C)C7CCC6(C)C4(C)CC5)C(O)C(O)C3O)C(O)C2O)C(O)C(O)C1O. The number of ether oxygens (including phenoxy) is 12. The van der Waals surface area contributed by atoms with Gasteiger partial charge in [0.1, 0.15) is 110 Å². The van der Waals surface area contributed by atoms with Crippen LogP contribution in [0.4, 0.5) is 0 Å². The van der Waals surface area contributed by atoms with E-state index in [0.29, 0.717) is 51.4 Å². The van der Waals surface area contributed by atoms with Gasteiger partial charge in [-0.25, -0.2) is 0 Å². The van der Waals surface area contributed by atoms with E-state index in [1.165, 1.54) is 6.92 Å². The van der Waals surface area contributed by atoms with Gasteiger partial charge >= 0.3 is 29.9 Å². The molecule has 37 unspecified atom stereocenters. The summed E-state index contributed by atoms with van der Waals surface area (Å²) >= 11 is 0. The Kier molecular flexibility index (Phi) is 22.0. The minimum absolute atomic E-state index is 0.0114. The van der Waals surface area contributed by atoms with Crippen LogP contribution in [0, 0.1) is 50.2 Å². The summed E-state index contributed by atoms with van der Waals surface area (Å²) in [5.41, 5.74) is -2.93. The average molecular weight is 1450 g/mol. The van der Waals surface area contributed by atoms with E-state index in [2.05, 4.69) is 40.7 Å². The fourth-order valence-electron chi connectivity index (χ4n) is 19.3. The smallest absolute Gasteiger partial charge is 0.357 e. The van der Waals surface area contributed by atoms with Crippen LogP contribution in [0.25, 0.3) is 0 Å². The van der Waals surface area contributed by atoms with E-state index >= 15 is 4.79 Å². The van der Waals surface area contributed by atoms with Crippen molar-refractivity contribution in [1.29, 1.82) is 0 Å². The van der Waals surface area contributed by atoms with Gasteiger partial charge in [0.15, 0.2) is 37.0 Å². The quantitative estimate of drug-likeness (QED) is 0.0295. The maximum absolute atomic E-state index is 15.4. The Bertz CT molecular complexity index is 2910. The van der Waals surface area contributed by atoms with Gasteiger partial charge in [-0.3, -0.25) is 4.79 Å². The number of aliphatic hydroxyl groups excluding tert-OH is 18. The fraction of sp³-hybridized carbons (Fsp3) is 0.954. The molecule has 0 aromatic heterocycles. The molecule has 0 aromatic carbocycles. The third-order valence-corrected chi connectivity index (χ3v) is 25.6. The lowest BCUT2D eigenvalue weighted by molar-refractivity contribution is -0.502. The molecule has 0 spiro atoms. The zero-order valence-corrected chi connectivity index (χ0v) is 57.1. The number of rotatable bonds is 16. The molecule has 6 saturated heterocycles. The molecule has 0 bridgehead atoms. The summed E-state index contributed by atoms with van der Waals surface area (Å²) in [4.78, 5) is 15.4. The van der Waals surface area contributed by atoms with Crippen molar-refractivity contribution < 1.29 is 174 Å². The van der Waals surface area contributed by atoms with Crippen LogP contribution in [0.5, 0.6) is 0 Å². The van der Waals surface area contributed by atoms with Gasteiger partial charge in [0.05, 0.1) is 50.7 Å². The zero-order chi connectivity index (χ0) is 73.7. The summed E-state index contributed by atoms with van der Waals surface area (Å²) in [6.45, 7) is 11.5. The Hall–Kier alpha value is -2.11. The van der Waals surface area contributed by atoms with E-state index < -0.39 is 255 Å². The molecule has 100 heavy (non-hydrogen) atoms. The molecule has 6 aliphatic heterocycles. The Morgan fingerprint density at radius 3 is 1.64 bits per heavy atom. The highest BCUT2D eigenvalue weighted by Crippen LogP contribution is 2.76. The van der Waals surface area contributed by atoms with Gasteiger partial charge in [0, 0.05) is 0 Å². The Morgan fingerprint density at radius 2 is 1.05 bits per heavy atom. The summed E-state index contributed by atoms with van der Waals surface area (Å²) in [6, 6.07) is 0. The summed E-state index contributed by atoms with van der Waals surface area (Å²) in [5.74, 6) is -15.0. The lowest BCUT2D eigenvalue weighted by Gasteiger charge is -2.71. The van der Waals surface area contributed by atoms with E-state index in [1.54, 1.807) is 0 Å². The highest BCUT2D eigenvalue weighted by molar-refractivity contribution is 5.79. The molecule has 6 heterocycles. The molecule has 0 amide bonds. The predicted molar refractivity (Wildman–Crippen MR) is 325 cm³/mol. The molecule has 5 aliphatic carbocycles. The van der Waals surface area contributed by atoms with Crippen LogP contribution in [0.2, 0.25) is 0 Å². The molecular weight excluding hydrogens is 1340 g/mol. The predicted octanol–water partition coefficient (Wildman–Crippen LogP) is -7.44. The number of hydrogen-bond donors (Lipinski definition) is 22. The number of fused-ring (bicyclic) bond motifs is 7.